The first kappa shape index (κ1) is 21.1. The average molecular weight is 416 g/mol. The highest BCUT2D eigenvalue weighted by Gasteiger charge is 2.26. The summed E-state index contributed by atoms with van der Waals surface area (Å²) in [6.45, 7) is 3.03. The second-order valence-electron chi connectivity index (χ2n) is 8.00. The fraction of sp³-hybridized carbons (Fsp3) is 0.308. The third-order valence-electron chi connectivity index (χ3n) is 5.90. The van der Waals surface area contributed by atoms with Gasteiger partial charge in [0, 0.05) is 56.6 Å². The Balaban J connectivity index is 1.30. The monoisotopic (exact) mass is 415 g/mol. The van der Waals surface area contributed by atoms with Crippen molar-refractivity contribution in [1.29, 1.82) is 0 Å². The third kappa shape index (κ3) is 5.70. The number of hydrogen-bond donors (Lipinski definition) is 0. The van der Waals surface area contributed by atoms with E-state index < -0.39 is 0 Å². The van der Waals surface area contributed by atoms with Crippen LogP contribution in [0.2, 0.25) is 0 Å². The molecule has 2 heterocycles. The lowest BCUT2D eigenvalue weighted by atomic mass is 10.0. The molecule has 0 unspecified atom stereocenters. The van der Waals surface area contributed by atoms with Crippen LogP contribution in [0, 0.1) is 0 Å². The Labute approximate surface area is 184 Å². The van der Waals surface area contributed by atoms with Crippen LogP contribution in [0.25, 0.3) is 0 Å². The molecule has 160 valence electrons. The smallest absolute Gasteiger partial charge is 0.253 e. The van der Waals surface area contributed by atoms with Crippen molar-refractivity contribution in [2.24, 2.45) is 0 Å². The maximum atomic E-state index is 13.1. The minimum atomic E-state index is 0.0467. The van der Waals surface area contributed by atoms with Crippen molar-refractivity contribution in [3.8, 4) is 11.5 Å². The molecular formula is C26H29N3O2. The lowest BCUT2D eigenvalue weighted by molar-refractivity contribution is 0.0643. The van der Waals surface area contributed by atoms with Gasteiger partial charge < -0.3 is 14.5 Å². The number of nitrogens with zero attached hydrogens (tertiary/aromatic N) is 3. The summed E-state index contributed by atoms with van der Waals surface area (Å²) >= 11 is 0. The van der Waals surface area contributed by atoms with Crippen LogP contribution in [-0.2, 0) is 6.42 Å². The number of carbonyl (C=O) groups excluding carboxylic acids is 1. The van der Waals surface area contributed by atoms with E-state index in [1.807, 2.05) is 84.9 Å². The van der Waals surface area contributed by atoms with E-state index in [0.717, 1.165) is 50.3 Å². The summed E-state index contributed by atoms with van der Waals surface area (Å²) in [5.41, 5.74) is 1.79. The number of aromatic nitrogens is 1. The number of hydrogen-bond acceptors (Lipinski definition) is 4. The Bertz CT molecular complexity index is 970. The zero-order valence-corrected chi connectivity index (χ0v) is 18.0. The summed E-state index contributed by atoms with van der Waals surface area (Å²) in [5.74, 6) is 1.48. The quantitative estimate of drug-likeness (QED) is 0.563. The second kappa shape index (κ2) is 10.2. The van der Waals surface area contributed by atoms with E-state index in [9.17, 15) is 4.79 Å². The highest BCUT2D eigenvalue weighted by Crippen LogP contribution is 2.24. The first-order chi connectivity index (χ1) is 15.2. The number of para-hydroxylation sites is 1. The molecule has 5 heteroatoms. The first-order valence-electron chi connectivity index (χ1n) is 10.9. The molecule has 0 N–H and O–H groups in total. The molecule has 1 saturated heterocycles. The van der Waals surface area contributed by atoms with Gasteiger partial charge in [0.1, 0.15) is 11.5 Å². The first-order valence-corrected chi connectivity index (χ1v) is 10.9. The highest BCUT2D eigenvalue weighted by molar-refractivity contribution is 5.94. The Morgan fingerprint density at radius 1 is 1.00 bits per heavy atom. The number of piperidine rings is 1. The van der Waals surface area contributed by atoms with E-state index in [0.29, 0.717) is 11.3 Å². The number of pyridine rings is 1. The van der Waals surface area contributed by atoms with E-state index in [1.165, 1.54) is 0 Å². The number of benzene rings is 2. The topological polar surface area (TPSA) is 45.7 Å². The van der Waals surface area contributed by atoms with Crippen molar-refractivity contribution in [3.05, 3.63) is 90.3 Å². The fourth-order valence-corrected chi connectivity index (χ4v) is 4.04. The van der Waals surface area contributed by atoms with Gasteiger partial charge in [-0.15, -0.1) is 0 Å². The number of likely N-dealkylation sites (tertiary alicyclic amines) is 1. The molecule has 1 aromatic heterocycles. The molecule has 2 aromatic carbocycles. The molecule has 0 saturated carbocycles. The van der Waals surface area contributed by atoms with Crippen LogP contribution < -0.4 is 4.74 Å². The summed E-state index contributed by atoms with van der Waals surface area (Å²) in [6.07, 6.45) is 4.80. The minimum Gasteiger partial charge on any atom is -0.457 e. The number of carbonyl (C=O) groups is 1. The molecule has 5 nitrogen and oxygen atoms in total. The van der Waals surface area contributed by atoms with Crippen molar-refractivity contribution in [3.63, 3.8) is 0 Å². The predicted molar refractivity (Wildman–Crippen MR) is 122 cm³/mol. The van der Waals surface area contributed by atoms with Crippen molar-refractivity contribution in [2.75, 3.05) is 26.7 Å². The SMILES string of the molecule is CN(C(=O)c1cccc(Oc2ccccc2)c1)C1CCN(CCc2ccccn2)CC1. The number of ether oxygens (including phenoxy) is 1. The largest absolute Gasteiger partial charge is 0.457 e. The fourth-order valence-electron chi connectivity index (χ4n) is 4.04. The van der Waals surface area contributed by atoms with Crippen molar-refractivity contribution < 1.29 is 9.53 Å². The molecule has 0 aliphatic carbocycles. The van der Waals surface area contributed by atoms with E-state index in [-0.39, 0.29) is 11.9 Å². The van der Waals surface area contributed by atoms with Gasteiger partial charge in [0.15, 0.2) is 0 Å². The zero-order chi connectivity index (χ0) is 21.5. The molecule has 31 heavy (non-hydrogen) atoms. The molecule has 1 aliphatic rings. The molecule has 0 spiro atoms. The molecule has 1 fully saturated rings. The van der Waals surface area contributed by atoms with Crippen LogP contribution in [0.3, 0.4) is 0 Å². The summed E-state index contributed by atoms with van der Waals surface area (Å²) in [6, 6.07) is 23.4. The Morgan fingerprint density at radius 3 is 2.48 bits per heavy atom. The number of rotatable bonds is 7. The van der Waals surface area contributed by atoms with Gasteiger partial charge in [0.05, 0.1) is 0 Å². The van der Waals surface area contributed by atoms with Gasteiger partial charge in [-0.1, -0.05) is 30.3 Å². The molecule has 1 amide bonds. The van der Waals surface area contributed by atoms with E-state index >= 15 is 0 Å². The number of amides is 1. The molecule has 3 aromatic rings. The molecule has 0 atom stereocenters. The maximum absolute atomic E-state index is 13.1. The Hall–Kier alpha value is -3.18. The molecule has 0 bridgehead atoms. The summed E-state index contributed by atoms with van der Waals surface area (Å²) in [5, 5.41) is 0. The van der Waals surface area contributed by atoms with Crippen molar-refractivity contribution >= 4 is 5.91 Å². The predicted octanol–water partition coefficient (Wildman–Crippen LogP) is 4.65. The Kier molecular flexibility index (Phi) is 6.95. The maximum Gasteiger partial charge on any atom is 0.253 e. The second-order valence-corrected chi connectivity index (χ2v) is 8.00. The van der Waals surface area contributed by atoms with Gasteiger partial charge >= 0.3 is 0 Å². The van der Waals surface area contributed by atoms with Gasteiger partial charge in [-0.05, 0) is 55.3 Å². The molecular weight excluding hydrogens is 386 g/mol. The molecule has 0 radical (unpaired) electrons. The van der Waals surface area contributed by atoms with E-state index in [4.69, 9.17) is 4.74 Å². The van der Waals surface area contributed by atoms with Gasteiger partial charge in [0.25, 0.3) is 5.91 Å². The van der Waals surface area contributed by atoms with Gasteiger partial charge in [-0.3, -0.25) is 9.78 Å². The Morgan fingerprint density at radius 2 is 1.74 bits per heavy atom. The third-order valence-corrected chi connectivity index (χ3v) is 5.90. The van der Waals surface area contributed by atoms with E-state index in [2.05, 4.69) is 16.0 Å². The van der Waals surface area contributed by atoms with Crippen LogP contribution in [0.1, 0.15) is 28.9 Å². The van der Waals surface area contributed by atoms with Crippen molar-refractivity contribution in [1.82, 2.24) is 14.8 Å². The minimum absolute atomic E-state index is 0.0467. The zero-order valence-electron chi connectivity index (χ0n) is 18.0. The normalized spacial score (nSPS) is 14.9. The van der Waals surface area contributed by atoms with Crippen LogP contribution in [0.4, 0.5) is 0 Å². The van der Waals surface area contributed by atoms with Gasteiger partial charge in [-0.2, -0.15) is 0 Å². The van der Waals surface area contributed by atoms with Gasteiger partial charge in [-0.25, -0.2) is 0 Å². The van der Waals surface area contributed by atoms with Crippen LogP contribution in [-0.4, -0.2) is 53.4 Å². The highest BCUT2D eigenvalue weighted by atomic mass is 16.5. The van der Waals surface area contributed by atoms with Crippen molar-refractivity contribution in [2.45, 2.75) is 25.3 Å². The lowest BCUT2D eigenvalue weighted by Gasteiger charge is -2.36. The van der Waals surface area contributed by atoms with Crippen LogP contribution in [0.5, 0.6) is 11.5 Å². The average Bonchev–Trinajstić information content (AvgIpc) is 2.83. The molecule has 1 aliphatic heterocycles. The van der Waals surface area contributed by atoms with Crippen LogP contribution >= 0.6 is 0 Å². The molecule has 4 rings (SSSR count). The summed E-state index contributed by atoms with van der Waals surface area (Å²) < 4.78 is 5.89. The van der Waals surface area contributed by atoms with Gasteiger partial charge in [0.2, 0.25) is 0 Å². The van der Waals surface area contributed by atoms with E-state index in [1.54, 1.807) is 0 Å². The summed E-state index contributed by atoms with van der Waals surface area (Å²) in [4.78, 5) is 21.9. The van der Waals surface area contributed by atoms with Crippen LogP contribution in [0.15, 0.2) is 79.0 Å². The summed E-state index contributed by atoms with van der Waals surface area (Å²) in [7, 11) is 1.92. The lowest BCUT2D eigenvalue weighted by Crippen LogP contribution is -2.46. The standard InChI is InChI=1S/C26H29N3O2/c1-28(23-14-18-29(19-15-23)17-13-22-9-5-6-16-27-22)26(30)21-8-7-12-25(20-21)31-24-10-3-2-4-11-24/h2-12,16,20,23H,13-15,17-19H2,1H3.